The van der Waals surface area contributed by atoms with Crippen LogP contribution in [0.2, 0.25) is 5.02 Å². The van der Waals surface area contributed by atoms with Crippen molar-refractivity contribution in [3.63, 3.8) is 0 Å². The number of aryl methyl sites for hydroxylation is 1. The lowest BCUT2D eigenvalue weighted by Gasteiger charge is -2.34. The molecule has 2 aromatic carbocycles. The molecule has 1 aliphatic heterocycles. The fourth-order valence-corrected chi connectivity index (χ4v) is 6.67. The van der Waals surface area contributed by atoms with Crippen LogP contribution in [-0.2, 0) is 29.0 Å². The Kier molecular flexibility index (Phi) is 8.69. The van der Waals surface area contributed by atoms with E-state index in [4.69, 9.17) is 16.3 Å². The van der Waals surface area contributed by atoms with E-state index in [0.717, 1.165) is 54.8 Å². The molecule has 2 fully saturated rings. The van der Waals surface area contributed by atoms with Gasteiger partial charge < -0.3 is 4.74 Å². The van der Waals surface area contributed by atoms with Gasteiger partial charge in [-0.25, -0.2) is 4.39 Å². The number of likely N-dealkylation sites (tertiary alicyclic amines) is 1. The summed E-state index contributed by atoms with van der Waals surface area (Å²) in [6.45, 7) is 4.52. The zero-order chi connectivity index (χ0) is 26.6. The molecule has 2 amide bonds. The Morgan fingerprint density at radius 1 is 1.03 bits per heavy atom. The van der Waals surface area contributed by atoms with Crippen molar-refractivity contribution in [2.45, 2.75) is 83.7 Å². The van der Waals surface area contributed by atoms with Crippen molar-refractivity contribution in [1.82, 2.24) is 9.80 Å². The number of carbonyl (C=O) groups is 2. The normalized spacial score (nSPS) is 20.0. The van der Waals surface area contributed by atoms with Gasteiger partial charge in [0.25, 0.3) is 0 Å². The Labute approximate surface area is 230 Å². The number of fused-ring (bicyclic) bond motifs is 1. The summed E-state index contributed by atoms with van der Waals surface area (Å²) in [6.07, 6.45) is 9.51. The molecule has 7 heteroatoms. The average Bonchev–Trinajstić information content (AvgIpc) is 3.50. The highest BCUT2D eigenvalue weighted by atomic mass is 35.5. The van der Waals surface area contributed by atoms with E-state index < -0.39 is 0 Å². The van der Waals surface area contributed by atoms with Gasteiger partial charge in [-0.3, -0.25) is 19.4 Å². The van der Waals surface area contributed by atoms with Crippen LogP contribution in [0.15, 0.2) is 30.3 Å². The molecule has 1 saturated heterocycles. The Hall–Kier alpha value is -2.44. The number of benzene rings is 2. The Balaban J connectivity index is 1.31. The molecule has 5 nitrogen and oxygen atoms in total. The van der Waals surface area contributed by atoms with Crippen LogP contribution < -0.4 is 4.74 Å². The third-order valence-corrected chi connectivity index (χ3v) is 8.83. The largest absolute Gasteiger partial charge is 0.491 e. The Bertz CT molecular complexity index is 1160. The predicted molar refractivity (Wildman–Crippen MR) is 147 cm³/mol. The molecule has 0 aromatic heterocycles. The summed E-state index contributed by atoms with van der Waals surface area (Å²) in [6, 6.07) is 10.3. The molecular formula is C31H38ClFN2O3. The summed E-state index contributed by atoms with van der Waals surface area (Å²) in [5, 5.41) is 0.213. The first-order chi connectivity index (χ1) is 18.4. The number of hydrogen-bond acceptors (Lipinski definition) is 4. The molecule has 0 unspecified atom stereocenters. The maximum Gasteiger partial charge on any atom is 0.229 e. The molecule has 0 spiro atoms. The van der Waals surface area contributed by atoms with Gasteiger partial charge in [-0.2, -0.15) is 0 Å². The van der Waals surface area contributed by atoms with Crippen LogP contribution in [-0.4, -0.2) is 41.3 Å². The maximum atomic E-state index is 14.8. The fourth-order valence-electron chi connectivity index (χ4n) is 6.49. The minimum atomic E-state index is -0.253. The van der Waals surface area contributed by atoms with E-state index in [1.54, 1.807) is 6.07 Å². The van der Waals surface area contributed by atoms with Crippen LogP contribution in [0.1, 0.15) is 86.6 Å². The van der Waals surface area contributed by atoms with E-state index in [-0.39, 0.29) is 28.7 Å². The number of hydrogen-bond donors (Lipinski definition) is 0. The summed E-state index contributed by atoms with van der Waals surface area (Å²) in [7, 11) is 0. The molecule has 0 N–H and O–H groups in total. The maximum absolute atomic E-state index is 14.8. The van der Waals surface area contributed by atoms with Crippen molar-refractivity contribution in [2.24, 2.45) is 5.92 Å². The first kappa shape index (κ1) is 27.1. The highest BCUT2D eigenvalue weighted by Gasteiger charge is 2.32. The van der Waals surface area contributed by atoms with Crippen LogP contribution in [0.5, 0.6) is 5.75 Å². The highest BCUT2D eigenvalue weighted by molar-refractivity contribution is 6.30. The molecule has 2 aromatic rings. The second kappa shape index (κ2) is 12.2. The molecule has 5 rings (SSSR count). The molecule has 0 radical (unpaired) electrons. The summed E-state index contributed by atoms with van der Waals surface area (Å²) in [5.41, 5.74) is 4.20. The molecule has 0 bridgehead atoms. The molecule has 3 aliphatic rings. The van der Waals surface area contributed by atoms with Crippen LogP contribution in [0, 0.1) is 11.7 Å². The van der Waals surface area contributed by atoms with Crippen LogP contribution in [0.25, 0.3) is 0 Å². The van der Waals surface area contributed by atoms with Gasteiger partial charge in [-0.15, -0.1) is 0 Å². The first-order valence-corrected chi connectivity index (χ1v) is 14.6. The van der Waals surface area contributed by atoms with E-state index >= 15 is 0 Å². The lowest BCUT2D eigenvalue weighted by atomic mass is 9.88. The Morgan fingerprint density at radius 3 is 2.53 bits per heavy atom. The van der Waals surface area contributed by atoms with Gasteiger partial charge in [0, 0.05) is 32.0 Å². The van der Waals surface area contributed by atoms with Gasteiger partial charge in [-0.05, 0) is 72.4 Å². The number of halogens is 2. The predicted octanol–water partition coefficient (Wildman–Crippen LogP) is 6.64. The number of rotatable bonds is 10. The van der Waals surface area contributed by atoms with Gasteiger partial charge in [-0.1, -0.05) is 56.0 Å². The number of ether oxygens (including phenoxy) is 1. The van der Waals surface area contributed by atoms with Gasteiger partial charge in [0.1, 0.15) is 18.2 Å². The number of carbonyl (C=O) groups excluding carboxylic acids is 2. The minimum Gasteiger partial charge on any atom is -0.491 e. The molecule has 204 valence electrons. The summed E-state index contributed by atoms with van der Waals surface area (Å²) in [5.74, 6) is 0.999. The number of amides is 2. The van der Waals surface area contributed by atoms with Crippen molar-refractivity contribution in [3.8, 4) is 5.75 Å². The van der Waals surface area contributed by atoms with Gasteiger partial charge in [0.2, 0.25) is 11.8 Å². The van der Waals surface area contributed by atoms with Crippen LogP contribution in [0.3, 0.4) is 0 Å². The van der Waals surface area contributed by atoms with E-state index in [9.17, 15) is 14.0 Å². The standard InChI is InChI=1S/C31H38ClFN2O3/c1-2-23-18-22(8-13-28(23)38-17-16-35-29(36)14-15-30(35)37)20-34(19-21-6-4-3-5-7-21)27-12-10-25-24(27)9-11-26(32)31(25)33/h8-9,11,13,18,21,27H,2-7,10,12,14-17,19-20H2,1H3/t27-/m0/s1. The lowest BCUT2D eigenvalue weighted by Crippen LogP contribution is -2.33. The highest BCUT2D eigenvalue weighted by Crippen LogP contribution is 2.41. The van der Waals surface area contributed by atoms with Crippen molar-refractivity contribution >= 4 is 23.4 Å². The second-order valence-electron chi connectivity index (χ2n) is 11.0. The van der Waals surface area contributed by atoms with Crippen molar-refractivity contribution in [3.05, 3.63) is 63.4 Å². The van der Waals surface area contributed by atoms with Gasteiger partial charge in [0.05, 0.1) is 11.6 Å². The molecular weight excluding hydrogens is 503 g/mol. The van der Waals surface area contributed by atoms with E-state index in [2.05, 4.69) is 24.0 Å². The number of imide groups is 1. The summed E-state index contributed by atoms with van der Waals surface area (Å²) >= 11 is 6.10. The van der Waals surface area contributed by atoms with E-state index in [1.807, 2.05) is 12.1 Å². The molecule has 2 aliphatic carbocycles. The zero-order valence-electron chi connectivity index (χ0n) is 22.3. The van der Waals surface area contributed by atoms with Gasteiger partial charge >= 0.3 is 0 Å². The summed E-state index contributed by atoms with van der Waals surface area (Å²) < 4.78 is 20.8. The van der Waals surface area contributed by atoms with Crippen molar-refractivity contribution < 1.29 is 18.7 Å². The Morgan fingerprint density at radius 2 is 1.79 bits per heavy atom. The average molecular weight is 541 g/mol. The number of nitrogens with zero attached hydrogens (tertiary/aromatic N) is 2. The van der Waals surface area contributed by atoms with Crippen LogP contribution in [0.4, 0.5) is 4.39 Å². The molecule has 38 heavy (non-hydrogen) atoms. The third kappa shape index (κ3) is 5.91. The molecule has 1 saturated carbocycles. The molecule has 1 atom stereocenters. The third-order valence-electron chi connectivity index (χ3n) is 8.54. The molecule has 1 heterocycles. The lowest BCUT2D eigenvalue weighted by molar-refractivity contribution is -0.138. The van der Waals surface area contributed by atoms with Crippen molar-refractivity contribution in [2.75, 3.05) is 19.7 Å². The zero-order valence-corrected chi connectivity index (χ0v) is 23.1. The SMILES string of the molecule is CCc1cc(CN(CC2CCCCC2)[C@H]2CCc3c2ccc(Cl)c3F)ccc1OCCN1C(=O)CCC1=O. The quantitative estimate of drug-likeness (QED) is 0.317. The second-order valence-corrected chi connectivity index (χ2v) is 11.4. The first-order valence-electron chi connectivity index (χ1n) is 14.2. The van der Waals surface area contributed by atoms with E-state index in [1.165, 1.54) is 42.6 Å². The van der Waals surface area contributed by atoms with Crippen molar-refractivity contribution in [1.29, 1.82) is 0 Å². The minimum absolute atomic E-state index is 0.113. The monoisotopic (exact) mass is 540 g/mol. The smallest absolute Gasteiger partial charge is 0.229 e. The van der Waals surface area contributed by atoms with Gasteiger partial charge in [0.15, 0.2) is 0 Å². The summed E-state index contributed by atoms with van der Waals surface area (Å²) in [4.78, 5) is 27.6. The topological polar surface area (TPSA) is 49.9 Å². The van der Waals surface area contributed by atoms with E-state index in [0.29, 0.717) is 31.9 Å². The van der Waals surface area contributed by atoms with Crippen LogP contribution >= 0.6 is 11.6 Å². The fraction of sp³-hybridized carbons (Fsp3) is 0.548.